The number of ether oxygens (including phenoxy) is 1. The summed E-state index contributed by atoms with van der Waals surface area (Å²) in [6, 6.07) is 7.55. The second-order valence-corrected chi connectivity index (χ2v) is 11.1. The maximum absolute atomic E-state index is 12.9. The Morgan fingerprint density at radius 1 is 1.10 bits per heavy atom. The van der Waals surface area contributed by atoms with Crippen molar-refractivity contribution in [3.63, 3.8) is 0 Å². The van der Waals surface area contributed by atoms with E-state index in [-0.39, 0.29) is 41.9 Å². The van der Waals surface area contributed by atoms with Crippen LogP contribution in [0.2, 0.25) is 0 Å². The summed E-state index contributed by atoms with van der Waals surface area (Å²) in [7, 11) is -3.09. The third kappa shape index (κ3) is 6.22. The molecule has 1 aromatic rings. The molecule has 1 amide bonds. The molecular weight excluding hydrogens is 410 g/mol. The lowest BCUT2D eigenvalue weighted by molar-refractivity contribution is -0.152. The summed E-state index contributed by atoms with van der Waals surface area (Å²) in [5.74, 6) is -0.422. The van der Waals surface area contributed by atoms with Crippen LogP contribution >= 0.6 is 11.8 Å². The Balaban J connectivity index is 1.56. The molecule has 1 atom stereocenters. The van der Waals surface area contributed by atoms with Crippen molar-refractivity contribution >= 4 is 33.5 Å². The summed E-state index contributed by atoms with van der Waals surface area (Å²) in [6.45, 7) is 1.66. The average molecular weight is 440 g/mol. The van der Waals surface area contributed by atoms with Gasteiger partial charge in [-0.3, -0.25) is 9.59 Å². The lowest BCUT2D eigenvalue weighted by Crippen LogP contribution is -2.50. The minimum Gasteiger partial charge on any atom is -0.455 e. The maximum Gasteiger partial charge on any atom is 0.316 e. The van der Waals surface area contributed by atoms with Gasteiger partial charge in [0.05, 0.1) is 17.3 Å². The Morgan fingerprint density at radius 2 is 1.83 bits per heavy atom. The third-order valence-corrected chi connectivity index (χ3v) is 8.55. The number of sulfone groups is 1. The van der Waals surface area contributed by atoms with E-state index in [0.717, 1.165) is 42.6 Å². The van der Waals surface area contributed by atoms with E-state index in [2.05, 4.69) is 0 Å². The van der Waals surface area contributed by atoms with Crippen LogP contribution in [0.3, 0.4) is 0 Å². The highest BCUT2D eigenvalue weighted by Gasteiger charge is 2.38. The van der Waals surface area contributed by atoms with E-state index in [4.69, 9.17) is 4.74 Å². The highest BCUT2D eigenvalue weighted by atomic mass is 32.2. The van der Waals surface area contributed by atoms with Crippen molar-refractivity contribution in [2.24, 2.45) is 0 Å². The molecule has 1 aromatic carbocycles. The number of amides is 1. The number of carbonyl (C=O) groups excluding carboxylic acids is 2. The van der Waals surface area contributed by atoms with Crippen LogP contribution in [0.4, 0.5) is 0 Å². The number of thioether (sulfide) groups is 1. The molecule has 6 nitrogen and oxygen atoms in total. The van der Waals surface area contributed by atoms with Gasteiger partial charge in [0.15, 0.2) is 16.4 Å². The predicted octanol–water partition coefficient (Wildman–Crippen LogP) is 2.98. The minimum absolute atomic E-state index is 0.0202. The largest absolute Gasteiger partial charge is 0.455 e. The van der Waals surface area contributed by atoms with Gasteiger partial charge in [0.1, 0.15) is 0 Å². The predicted molar refractivity (Wildman–Crippen MR) is 114 cm³/mol. The van der Waals surface area contributed by atoms with Crippen LogP contribution in [-0.2, 0) is 24.2 Å². The van der Waals surface area contributed by atoms with Crippen molar-refractivity contribution in [1.82, 2.24) is 4.90 Å². The lowest BCUT2D eigenvalue weighted by atomic mass is 9.93. The van der Waals surface area contributed by atoms with Gasteiger partial charge in [-0.05, 0) is 37.8 Å². The number of rotatable bonds is 7. The van der Waals surface area contributed by atoms with Crippen molar-refractivity contribution < 1.29 is 22.7 Å². The smallest absolute Gasteiger partial charge is 0.316 e. The number of nitrogens with zero attached hydrogens (tertiary/aromatic N) is 1. The SMILES string of the molecule is Cc1ccccc1SCC(=O)OCC(=O)N(C1CCCCC1)C1CCS(=O)(=O)C1. The van der Waals surface area contributed by atoms with Crippen LogP contribution in [0.25, 0.3) is 0 Å². The van der Waals surface area contributed by atoms with Gasteiger partial charge < -0.3 is 9.64 Å². The standard InChI is InChI=1S/C21H29NO5S2/c1-16-7-5-6-10-19(16)28-14-21(24)27-13-20(23)22(17-8-3-2-4-9-17)18-11-12-29(25,26)15-18/h5-7,10,17-18H,2-4,8-9,11-15H2,1H3. The van der Waals surface area contributed by atoms with Crippen LogP contribution < -0.4 is 0 Å². The molecule has 1 aliphatic carbocycles. The number of hydrogen-bond donors (Lipinski definition) is 0. The molecule has 1 unspecified atom stereocenters. The molecule has 0 aromatic heterocycles. The Hall–Kier alpha value is -1.54. The molecule has 29 heavy (non-hydrogen) atoms. The highest BCUT2D eigenvalue weighted by Crippen LogP contribution is 2.28. The Labute approximate surface area is 177 Å². The number of benzene rings is 1. The monoisotopic (exact) mass is 439 g/mol. The summed E-state index contributed by atoms with van der Waals surface area (Å²) in [6.07, 6.45) is 5.48. The maximum atomic E-state index is 12.9. The zero-order valence-corrected chi connectivity index (χ0v) is 18.5. The first-order chi connectivity index (χ1) is 13.9. The normalized spacial score (nSPS) is 21.6. The zero-order valence-electron chi connectivity index (χ0n) is 16.8. The van der Waals surface area contributed by atoms with E-state index < -0.39 is 15.8 Å². The van der Waals surface area contributed by atoms with E-state index in [0.29, 0.717) is 6.42 Å². The van der Waals surface area contributed by atoms with Crippen molar-refractivity contribution in [1.29, 1.82) is 0 Å². The fourth-order valence-electron chi connectivity index (χ4n) is 4.17. The van der Waals surface area contributed by atoms with Crippen LogP contribution in [-0.4, -0.2) is 61.1 Å². The van der Waals surface area contributed by atoms with E-state index in [9.17, 15) is 18.0 Å². The zero-order chi connectivity index (χ0) is 20.9. The lowest BCUT2D eigenvalue weighted by Gasteiger charge is -2.38. The van der Waals surface area contributed by atoms with Gasteiger partial charge >= 0.3 is 5.97 Å². The first kappa shape index (κ1) is 22.2. The number of aryl methyl sites for hydroxylation is 1. The second-order valence-electron chi connectivity index (χ2n) is 7.86. The van der Waals surface area contributed by atoms with E-state index in [1.165, 1.54) is 11.8 Å². The Morgan fingerprint density at radius 3 is 2.48 bits per heavy atom. The molecule has 0 radical (unpaired) electrons. The quantitative estimate of drug-likeness (QED) is 0.480. The molecule has 1 saturated carbocycles. The fraction of sp³-hybridized carbons (Fsp3) is 0.619. The summed E-state index contributed by atoms with van der Waals surface area (Å²) >= 11 is 1.39. The van der Waals surface area contributed by atoms with E-state index in [1.807, 2.05) is 31.2 Å². The van der Waals surface area contributed by atoms with Crippen LogP contribution in [0, 0.1) is 6.92 Å². The van der Waals surface area contributed by atoms with E-state index >= 15 is 0 Å². The average Bonchev–Trinajstić information content (AvgIpc) is 3.06. The summed E-state index contributed by atoms with van der Waals surface area (Å²) < 4.78 is 29.1. The van der Waals surface area contributed by atoms with Gasteiger partial charge in [-0.1, -0.05) is 37.5 Å². The molecule has 3 rings (SSSR count). The Kier molecular flexibility index (Phi) is 7.62. The van der Waals surface area contributed by atoms with Crippen LogP contribution in [0.15, 0.2) is 29.2 Å². The first-order valence-corrected chi connectivity index (χ1v) is 13.0. The molecule has 160 valence electrons. The van der Waals surface area contributed by atoms with Gasteiger partial charge in [0.2, 0.25) is 0 Å². The van der Waals surface area contributed by atoms with Gasteiger partial charge in [-0.15, -0.1) is 11.8 Å². The number of carbonyl (C=O) groups is 2. The summed E-state index contributed by atoms with van der Waals surface area (Å²) in [4.78, 5) is 27.8. The molecule has 2 aliphatic rings. The minimum atomic E-state index is -3.09. The van der Waals surface area contributed by atoms with Gasteiger partial charge in [-0.2, -0.15) is 0 Å². The first-order valence-electron chi connectivity index (χ1n) is 10.2. The van der Waals surface area contributed by atoms with Crippen molar-refractivity contribution in [2.75, 3.05) is 23.9 Å². The summed E-state index contributed by atoms with van der Waals surface area (Å²) in [5.41, 5.74) is 1.09. The molecule has 1 saturated heterocycles. The van der Waals surface area contributed by atoms with Crippen molar-refractivity contribution in [3.8, 4) is 0 Å². The Bertz CT molecular complexity index is 833. The van der Waals surface area contributed by atoms with Crippen LogP contribution in [0.5, 0.6) is 0 Å². The molecular formula is C21H29NO5S2. The second kappa shape index (κ2) is 9.98. The highest BCUT2D eigenvalue weighted by molar-refractivity contribution is 8.00. The molecule has 0 spiro atoms. The van der Waals surface area contributed by atoms with Gasteiger partial charge in [-0.25, -0.2) is 8.42 Å². The molecule has 8 heteroatoms. The molecule has 1 heterocycles. The molecule has 2 fully saturated rings. The van der Waals surface area contributed by atoms with E-state index in [1.54, 1.807) is 4.90 Å². The van der Waals surface area contributed by atoms with Crippen LogP contribution in [0.1, 0.15) is 44.1 Å². The van der Waals surface area contributed by atoms with Crippen molar-refractivity contribution in [2.45, 2.75) is 62.4 Å². The number of hydrogen-bond acceptors (Lipinski definition) is 6. The number of esters is 1. The molecule has 0 bridgehead atoms. The van der Waals surface area contributed by atoms with Crippen molar-refractivity contribution in [3.05, 3.63) is 29.8 Å². The molecule has 1 aliphatic heterocycles. The third-order valence-electron chi connectivity index (χ3n) is 5.65. The van der Waals surface area contributed by atoms with Gasteiger partial charge in [0.25, 0.3) is 5.91 Å². The molecule has 0 N–H and O–H groups in total. The topological polar surface area (TPSA) is 80.8 Å². The summed E-state index contributed by atoms with van der Waals surface area (Å²) in [5, 5.41) is 0. The van der Waals surface area contributed by atoms with Gasteiger partial charge in [0, 0.05) is 17.0 Å². The fourth-order valence-corrected chi connectivity index (χ4v) is 6.71.